The fraction of sp³-hybridized carbons (Fsp3) is 0.385. The molecule has 0 aliphatic carbocycles. The number of amides is 3. The molecule has 2 rings (SSSR count). The Morgan fingerprint density at radius 3 is 2.72 bits per heavy atom. The molecule has 4 nitrogen and oxygen atoms in total. The van der Waals surface area contributed by atoms with Gasteiger partial charge in [-0.15, -0.1) is 0 Å². The summed E-state index contributed by atoms with van der Waals surface area (Å²) in [6, 6.07) is 6.39. The summed E-state index contributed by atoms with van der Waals surface area (Å²) in [7, 11) is 0. The number of nitrogens with zero attached hydrogens (tertiary/aromatic N) is 1. The first-order valence-corrected chi connectivity index (χ1v) is 6.39. The summed E-state index contributed by atoms with van der Waals surface area (Å²) in [5.41, 5.74) is 0.441. The molecule has 1 aliphatic heterocycles. The maximum Gasteiger partial charge on any atom is 0.329 e. The Balaban J connectivity index is 2.23. The van der Waals surface area contributed by atoms with Gasteiger partial charge in [0.2, 0.25) is 5.91 Å². The minimum Gasteiger partial charge on any atom is -0.334 e. The van der Waals surface area contributed by atoms with E-state index in [1.54, 1.807) is 24.3 Å². The number of benzene rings is 1. The number of urea groups is 1. The lowest BCUT2D eigenvalue weighted by Gasteiger charge is -2.31. The molecular formula is C13H15ClN2O2. The Labute approximate surface area is 111 Å². The van der Waals surface area contributed by atoms with Crippen LogP contribution in [0.2, 0.25) is 5.02 Å². The van der Waals surface area contributed by atoms with E-state index in [0.29, 0.717) is 17.1 Å². The molecule has 1 fully saturated rings. The second-order valence-electron chi connectivity index (χ2n) is 4.32. The Hall–Kier alpha value is -1.55. The van der Waals surface area contributed by atoms with Crippen molar-refractivity contribution in [2.45, 2.75) is 32.2 Å². The molecule has 1 unspecified atom stereocenters. The molecule has 0 bridgehead atoms. The average molecular weight is 267 g/mol. The third-order valence-electron chi connectivity index (χ3n) is 2.93. The highest BCUT2D eigenvalue weighted by atomic mass is 35.5. The fourth-order valence-corrected chi connectivity index (χ4v) is 2.33. The number of hydrogen-bond donors (Lipinski definition) is 1. The molecule has 0 saturated carbocycles. The minimum absolute atomic E-state index is 0.0614. The molecule has 1 saturated heterocycles. The summed E-state index contributed by atoms with van der Waals surface area (Å²) in [6.07, 6.45) is 2.07. The first-order chi connectivity index (χ1) is 8.63. The lowest BCUT2D eigenvalue weighted by molar-refractivity contribution is -0.119. The lowest BCUT2D eigenvalue weighted by atomic mass is 10.1. The Morgan fingerprint density at radius 1 is 1.39 bits per heavy atom. The van der Waals surface area contributed by atoms with E-state index in [9.17, 15) is 9.59 Å². The van der Waals surface area contributed by atoms with E-state index in [-0.39, 0.29) is 11.9 Å². The van der Waals surface area contributed by atoms with Gasteiger partial charge in [-0.25, -0.2) is 9.69 Å². The number of rotatable bonds is 3. The summed E-state index contributed by atoms with van der Waals surface area (Å²) in [5.74, 6) is -0.203. The maximum absolute atomic E-state index is 12.0. The molecule has 1 atom stereocenters. The summed E-state index contributed by atoms with van der Waals surface area (Å²) in [6.45, 7) is 2.02. The molecule has 0 aromatic heterocycles. The van der Waals surface area contributed by atoms with Gasteiger partial charge in [0.1, 0.15) is 0 Å². The zero-order valence-corrected chi connectivity index (χ0v) is 10.9. The van der Waals surface area contributed by atoms with Gasteiger partial charge in [0.25, 0.3) is 0 Å². The minimum atomic E-state index is -0.391. The van der Waals surface area contributed by atoms with Gasteiger partial charge in [0.15, 0.2) is 0 Å². The van der Waals surface area contributed by atoms with Crippen molar-refractivity contribution in [3.63, 3.8) is 0 Å². The van der Waals surface area contributed by atoms with Gasteiger partial charge in [0.05, 0.1) is 10.7 Å². The Kier molecular flexibility index (Phi) is 3.87. The van der Waals surface area contributed by atoms with Crippen LogP contribution in [0.15, 0.2) is 24.3 Å². The van der Waals surface area contributed by atoms with Crippen LogP contribution < -0.4 is 10.2 Å². The van der Waals surface area contributed by atoms with Crippen molar-refractivity contribution < 1.29 is 9.59 Å². The summed E-state index contributed by atoms with van der Waals surface area (Å²) in [5, 5.41) is 3.23. The van der Waals surface area contributed by atoms with Gasteiger partial charge >= 0.3 is 6.03 Å². The second kappa shape index (κ2) is 5.40. The van der Waals surface area contributed by atoms with Crippen LogP contribution in [0.4, 0.5) is 10.5 Å². The first-order valence-electron chi connectivity index (χ1n) is 6.01. The van der Waals surface area contributed by atoms with Crippen LogP contribution in [0.25, 0.3) is 0 Å². The third-order valence-corrected chi connectivity index (χ3v) is 3.25. The predicted octanol–water partition coefficient (Wildman–Crippen LogP) is 2.96. The van der Waals surface area contributed by atoms with Crippen LogP contribution in [-0.4, -0.2) is 18.0 Å². The zero-order valence-electron chi connectivity index (χ0n) is 10.1. The van der Waals surface area contributed by atoms with Gasteiger partial charge in [-0.1, -0.05) is 37.1 Å². The monoisotopic (exact) mass is 266 g/mol. The van der Waals surface area contributed by atoms with Gasteiger partial charge < -0.3 is 5.32 Å². The smallest absolute Gasteiger partial charge is 0.329 e. The molecular weight excluding hydrogens is 252 g/mol. The number of anilines is 1. The highest BCUT2D eigenvalue weighted by Crippen LogP contribution is 2.28. The molecule has 1 aromatic rings. The Morgan fingerprint density at radius 2 is 2.11 bits per heavy atom. The Bertz CT molecular complexity index is 458. The molecule has 18 heavy (non-hydrogen) atoms. The van der Waals surface area contributed by atoms with Crippen molar-refractivity contribution in [3.8, 4) is 0 Å². The molecule has 1 aliphatic rings. The van der Waals surface area contributed by atoms with E-state index in [1.165, 1.54) is 0 Å². The van der Waals surface area contributed by atoms with E-state index in [4.69, 9.17) is 11.6 Å². The van der Waals surface area contributed by atoms with Gasteiger partial charge in [0, 0.05) is 12.5 Å². The number of carbonyl (C=O) groups excluding carboxylic acids is 2. The van der Waals surface area contributed by atoms with Crippen LogP contribution in [0, 0.1) is 0 Å². The standard InChI is InChI=1S/C13H15ClN2O2/c1-2-5-9-8-12(17)16(13(18)15-9)11-7-4-3-6-10(11)14/h3-4,6-7,9H,2,5,8H2,1H3,(H,15,18). The molecule has 96 valence electrons. The maximum atomic E-state index is 12.0. The van der Waals surface area contributed by atoms with Crippen LogP contribution in [0.5, 0.6) is 0 Å². The van der Waals surface area contributed by atoms with E-state index >= 15 is 0 Å². The number of imide groups is 1. The first kappa shape index (κ1) is 12.9. The number of nitrogens with one attached hydrogen (secondary N) is 1. The van der Waals surface area contributed by atoms with Crippen molar-refractivity contribution in [2.24, 2.45) is 0 Å². The van der Waals surface area contributed by atoms with Crippen molar-refractivity contribution in [1.29, 1.82) is 0 Å². The molecule has 1 heterocycles. The highest BCUT2D eigenvalue weighted by Gasteiger charge is 2.33. The van der Waals surface area contributed by atoms with Crippen molar-refractivity contribution >= 4 is 29.2 Å². The van der Waals surface area contributed by atoms with Crippen LogP contribution in [0.1, 0.15) is 26.2 Å². The number of carbonyl (C=O) groups is 2. The van der Waals surface area contributed by atoms with Gasteiger partial charge in [-0.3, -0.25) is 4.79 Å². The summed E-state index contributed by atoms with van der Waals surface area (Å²) >= 11 is 6.01. The summed E-state index contributed by atoms with van der Waals surface area (Å²) < 4.78 is 0. The average Bonchev–Trinajstić information content (AvgIpc) is 2.31. The molecule has 1 N–H and O–H groups in total. The SMILES string of the molecule is CCCC1CC(=O)N(c2ccccc2Cl)C(=O)N1. The van der Waals surface area contributed by atoms with E-state index in [2.05, 4.69) is 5.32 Å². The molecule has 0 radical (unpaired) electrons. The highest BCUT2D eigenvalue weighted by molar-refractivity contribution is 6.35. The third kappa shape index (κ3) is 2.48. The van der Waals surface area contributed by atoms with Crippen molar-refractivity contribution in [1.82, 2.24) is 5.32 Å². The number of hydrogen-bond acceptors (Lipinski definition) is 2. The van der Waals surface area contributed by atoms with Crippen LogP contribution in [0.3, 0.4) is 0 Å². The quantitative estimate of drug-likeness (QED) is 0.914. The van der Waals surface area contributed by atoms with E-state index in [1.807, 2.05) is 6.92 Å². The second-order valence-corrected chi connectivity index (χ2v) is 4.73. The van der Waals surface area contributed by atoms with Crippen LogP contribution in [-0.2, 0) is 4.79 Å². The normalized spacial score (nSPS) is 19.9. The zero-order chi connectivity index (χ0) is 13.1. The van der Waals surface area contributed by atoms with Gasteiger partial charge in [-0.05, 0) is 18.6 Å². The van der Waals surface area contributed by atoms with Gasteiger partial charge in [-0.2, -0.15) is 0 Å². The predicted molar refractivity (Wildman–Crippen MR) is 70.8 cm³/mol. The number of para-hydroxylation sites is 1. The lowest BCUT2D eigenvalue weighted by Crippen LogP contribution is -2.55. The van der Waals surface area contributed by atoms with Crippen molar-refractivity contribution in [2.75, 3.05) is 4.90 Å². The topological polar surface area (TPSA) is 49.4 Å². The largest absolute Gasteiger partial charge is 0.334 e. The van der Waals surface area contributed by atoms with E-state index in [0.717, 1.165) is 17.7 Å². The molecule has 0 spiro atoms. The van der Waals surface area contributed by atoms with Crippen LogP contribution >= 0.6 is 11.6 Å². The molecule has 5 heteroatoms. The molecule has 1 aromatic carbocycles. The fourth-order valence-electron chi connectivity index (χ4n) is 2.11. The number of halogens is 1. The van der Waals surface area contributed by atoms with Crippen molar-refractivity contribution in [3.05, 3.63) is 29.3 Å². The summed E-state index contributed by atoms with van der Waals surface area (Å²) in [4.78, 5) is 25.1. The van der Waals surface area contributed by atoms with E-state index < -0.39 is 6.03 Å². The molecule has 3 amide bonds.